The first-order valence-electron chi connectivity index (χ1n) is 8.05. The minimum Gasteiger partial charge on any atom is -0.353 e. The Hall–Kier alpha value is -2.96. The van der Waals surface area contributed by atoms with Crippen LogP contribution < -0.4 is 9.80 Å². The third-order valence-corrected chi connectivity index (χ3v) is 4.23. The number of anilines is 2. The quantitative estimate of drug-likeness (QED) is 0.731. The lowest BCUT2D eigenvalue weighted by Gasteiger charge is -2.35. The van der Waals surface area contributed by atoms with Gasteiger partial charge in [-0.3, -0.25) is 4.57 Å². The largest absolute Gasteiger partial charge is 0.353 e. The predicted octanol–water partition coefficient (Wildman–Crippen LogP) is 1.69. The monoisotopic (exact) mass is 321 g/mol. The van der Waals surface area contributed by atoms with Crippen LogP contribution in [0.3, 0.4) is 0 Å². The summed E-state index contributed by atoms with van der Waals surface area (Å²) in [6, 6.07) is 7.95. The number of hydrogen-bond donors (Lipinski definition) is 0. The summed E-state index contributed by atoms with van der Waals surface area (Å²) < 4.78 is 2.00. The lowest BCUT2D eigenvalue weighted by molar-refractivity contribution is 0.634. The zero-order chi connectivity index (χ0) is 16.4. The molecule has 24 heavy (non-hydrogen) atoms. The average Bonchev–Trinajstić information content (AvgIpc) is 3.09. The number of aryl methyl sites for hydroxylation is 1. The summed E-state index contributed by atoms with van der Waals surface area (Å²) in [5, 5.41) is 0. The second kappa shape index (κ2) is 6.27. The fourth-order valence-electron chi connectivity index (χ4n) is 2.93. The second-order valence-corrected chi connectivity index (χ2v) is 5.72. The van der Waals surface area contributed by atoms with E-state index in [2.05, 4.69) is 30.8 Å². The van der Waals surface area contributed by atoms with E-state index in [1.54, 1.807) is 18.6 Å². The molecule has 0 atom stereocenters. The molecule has 0 bridgehead atoms. The van der Waals surface area contributed by atoms with Gasteiger partial charge in [0.2, 0.25) is 5.95 Å². The summed E-state index contributed by atoms with van der Waals surface area (Å²) in [6.07, 6.45) is 7.30. The Morgan fingerprint density at radius 1 is 0.792 bits per heavy atom. The van der Waals surface area contributed by atoms with Crippen LogP contribution in [-0.2, 0) is 0 Å². The number of piperazine rings is 1. The standard InChI is InChI=1S/C17H19N7/c1-14-18-8-9-24(14)16-5-2-4-15(21-16)22-10-12-23(13-11-22)17-19-6-3-7-20-17/h2-9H,10-13H2,1H3. The molecule has 0 radical (unpaired) electrons. The summed E-state index contributed by atoms with van der Waals surface area (Å²) in [5.41, 5.74) is 0. The first kappa shape index (κ1) is 14.6. The molecule has 0 aromatic carbocycles. The molecule has 4 heterocycles. The zero-order valence-electron chi connectivity index (χ0n) is 13.6. The third-order valence-electron chi connectivity index (χ3n) is 4.23. The molecule has 0 spiro atoms. The number of pyridine rings is 1. The summed E-state index contributed by atoms with van der Waals surface area (Å²) in [7, 11) is 0. The van der Waals surface area contributed by atoms with E-state index in [0.717, 1.165) is 49.6 Å². The first-order valence-corrected chi connectivity index (χ1v) is 8.05. The van der Waals surface area contributed by atoms with E-state index in [0.29, 0.717) is 0 Å². The lowest BCUT2D eigenvalue weighted by atomic mass is 10.3. The maximum absolute atomic E-state index is 4.80. The van der Waals surface area contributed by atoms with Crippen LogP contribution in [-0.4, -0.2) is 50.7 Å². The lowest BCUT2D eigenvalue weighted by Crippen LogP contribution is -2.47. The molecule has 1 aliphatic rings. The molecule has 1 fully saturated rings. The minimum atomic E-state index is 0.799. The van der Waals surface area contributed by atoms with Crippen molar-refractivity contribution in [2.24, 2.45) is 0 Å². The maximum atomic E-state index is 4.80. The highest BCUT2D eigenvalue weighted by Gasteiger charge is 2.20. The summed E-state index contributed by atoms with van der Waals surface area (Å²) in [5.74, 6) is 3.63. The number of imidazole rings is 1. The van der Waals surface area contributed by atoms with Crippen molar-refractivity contribution in [3.8, 4) is 5.82 Å². The van der Waals surface area contributed by atoms with Crippen molar-refractivity contribution < 1.29 is 0 Å². The normalized spacial score (nSPS) is 14.9. The topological polar surface area (TPSA) is 63.0 Å². The molecule has 3 aromatic heterocycles. The Morgan fingerprint density at radius 2 is 1.50 bits per heavy atom. The van der Waals surface area contributed by atoms with Gasteiger partial charge in [-0.25, -0.2) is 19.9 Å². The van der Waals surface area contributed by atoms with Gasteiger partial charge in [-0.05, 0) is 25.1 Å². The zero-order valence-corrected chi connectivity index (χ0v) is 13.6. The predicted molar refractivity (Wildman–Crippen MR) is 92.6 cm³/mol. The van der Waals surface area contributed by atoms with Crippen molar-refractivity contribution in [2.75, 3.05) is 36.0 Å². The number of nitrogens with zero attached hydrogens (tertiary/aromatic N) is 7. The average molecular weight is 321 g/mol. The van der Waals surface area contributed by atoms with Crippen LogP contribution in [0.1, 0.15) is 5.82 Å². The van der Waals surface area contributed by atoms with E-state index in [1.165, 1.54) is 0 Å². The number of rotatable bonds is 3. The third kappa shape index (κ3) is 2.80. The Kier molecular flexibility index (Phi) is 3.82. The molecular weight excluding hydrogens is 302 g/mol. The molecule has 0 saturated carbocycles. The van der Waals surface area contributed by atoms with Crippen molar-refractivity contribution in [3.05, 3.63) is 54.9 Å². The van der Waals surface area contributed by atoms with E-state index in [9.17, 15) is 0 Å². The van der Waals surface area contributed by atoms with Crippen molar-refractivity contribution >= 4 is 11.8 Å². The molecule has 0 amide bonds. The minimum absolute atomic E-state index is 0.799. The number of aromatic nitrogens is 5. The highest BCUT2D eigenvalue weighted by atomic mass is 15.3. The molecule has 0 unspecified atom stereocenters. The van der Waals surface area contributed by atoms with Crippen molar-refractivity contribution in [2.45, 2.75) is 6.92 Å². The van der Waals surface area contributed by atoms with Crippen LogP contribution in [0.4, 0.5) is 11.8 Å². The molecule has 1 saturated heterocycles. The molecule has 1 aliphatic heterocycles. The van der Waals surface area contributed by atoms with Gasteiger partial charge in [-0.2, -0.15) is 0 Å². The molecule has 122 valence electrons. The van der Waals surface area contributed by atoms with Gasteiger partial charge < -0.3 is 9.80 Å². The smallest absolute Gasteiger partial charge is 0.225 e. The second-order valence-electron chi connectivity index (χ2n) is 5.72. The van der Waals surface area contributed by atoms with Crippen LogP contribution in [0.25, 0.3) is 5.82 Å². The molecule has 0 N–H and O–H groups in total. The van der Waals surface area contributed by atoms with Gasteiger partial charge in [-0.1, -0.05) is 6.07 Å². The molecule has 4 rings (SSSR count). The van der Waals surface area contributed by atoms with E-state index in [1.807, 2.05) is 35.9 Å². The van der Waals surface area contributed by atoms with Gasteiger partial charge >= 0.3 is 0 Å². The molecule has 3 aromatic rings. The highest BCUT2D eigenvalue weighted by molar-refractivity contribution is 5.45. The van der Waals surface area contributed by atoms with Crippen LogP contribution in [0, 0.1) is 6.92 Å². The van der Waals surface area contributed by atoms with Gasteiger partial charge in [0.1, 0.15) is 17.5 Å². The van der Waals surface area contributed by atoms with E-state index in [-0.39, 0.29) is 0 Å². The summed E-state index contributed by atoms with van der Waals surface area (Å²) >= 11 is 0. The van der Waals surface area contributed by atoms with Crippen LogP contribution >= 0.6 is 0 Å². The maximum Gasteiger partial charge on any atom is 0.225 e. The summed E-state index contributed by atoms with van der Waals surface area (Å²) in [4.78, 5) is 22.2. The highest BCUT2D eigenvalue weighted by Crippen LogP contribution is 2.18. The SMILES string of the molecule is Cc1nccn1-c1cccc(N2CCN(c3ncccn3)CC2)n1. The molecule has 0 aliphatic carbocycles. The number of hydrogen-bond acceptors (Lipinski definition) is 6. The van der Waals surface area contributed by atoms with Crippen molar-refractivity contribution in [1.82, 2.24) is 24.5 Å². The van der Waals surface area contributed by atoms with Crippen LogP contribution in [0.15, 0.2) is 49.1 Å². The van der Waals surface area contributed by atoms with Crippen molar-refractivity contribution in [3.63, 3.8) is 0 Å². The molecule has 7 heteroatoms. The summed E-state index contributed by atoms with van der Waals surface area (Å²) in [6.45, 7) is 5.56. The Bertz CT molecular complexity index is 807. The van der Waals surface area contributed by atoms with E-state index >= 15 is 0 Å². The van der Waals surface area contributed by atoms with Gasteiger partial charge in [0.25, 0.3) is 0 Å². The fraction of sp³-hybridized carbons (Fsp3) is 0.294. The van der Waals surface area contributed by atoms with Gasteiger partial charge in [0.05, 0.1) is 0 Å². The van der Waals surface area contributed by atoms with Crippen LogP contribution in [0.5, 0.6) is 0 Å². The first-order chi connectivity index (χ1) is 11.8. The van der Waals surface area contributed by atoms with Crippen molar-refractivity contribution in [1.29, 1.82) is 0 Å². The Morgan fingerprint density at radius 3 is 2.21 bits per heavy atom. The van der Waals surface area contributed by atoms with Gasteiger partial charge in [-0.15, -0.1) is 0 Å². The molecular formula is C17H19N7. The van der Waals surface area contributed by atoms with E-state index in [4.69, 9.17) is 4.98 Å². The van der Waals surface area contributed by atoms with Gasteiger partial charge in [0.15, 0.2) is 0 Å². The Balaban J connectivity index is 1.49. The Labute approximate surface area is 140 Å². The molecule has 7 nitrogen and oxygen atoms in total. The fourth-order valence-corrected chi connectivity index (χ4v) is 2.93. The van der Waals surface area contributed by atoms with E-state index < -0.39 is 0 Å². The van der Waals surface area contributed by atoms with Gasteiger partial charge in [0, 0.05) is 51.0 Å². The van der Waals surface area contributed by atoms with Crippen LogP contribution in [0.2, 0.25) is 0 Å².